The molecule has 0 unspecified atom stereocenters. The van der Waals surface area contributed by atoms with Crippen molar-refractivity contribution in [2.24, 2.45) is 0 Å². The van der Waals surface area contributed by atoms with Gasteiger partial charge in [0.2, 0.25) is 10.0 Å². The van der Waals surface area contributed by atoms with Crippen molar-refractivity contribution in [1.29, 1.82) is 0 Å². The molecule has 0 aromatic heterocycles. The van der Waals surface area contributed by atoms with Gasteiger partial charge in [-0.3, -0.25) is 9.52 Å². The number of anilines is 1. The number of nitrogens with one attached hydrogen (secondary N) is 2. The molecule has 29 heavy (non-hydrogen) atoms. The number of esters is 1. The zero-order valence-corrected chi connectivity index (χ0v) is 17.5. The molecule has 0 bridgehead atoms. The van der Waals surface area contributed by atoms with Crippen LogP contribution in [0.4, 0.5) is 5.69 Å². The molecule has 7 nitrogen and oxygen atoms in total. The summed E-state index contributed by atoms with van der Waals surface area (Å²) in [6, 6.07) is 14.5. The number of carbonyl (C=O) groups excluding carboxylic acids is 2. The van der Waals surface area contributed by atoms with Crippen molar-refractivity contribution in [3.8, 4) is 0 Å². The van der Waals surface area contributed by atoms with Crippen LogP contribution in [0.1, 0.15) is 36.7 Å². The highest BCUT2D eigenvalue weighted by Gasteiger charge is 2.24. The van der Waals surface area contributed by atoms with E-state index in [9.17, 15) is 18.0 Å². The number of sulfonamides is 1. The molecule has 2 N–H and O–H groups in total. The van der Waals surface area contributed by atoms with Crippen molar-refractivity contribution in [3.63, 3.8) is 0 Å². The highest BCUT2D eigenvalue weighted by Crippen LogP contribution is 2.14. The lowest BCUT2D eigenvalue weighted by Crippen LogP contribution is -2.44. The molecule has 0 saturated heterocycles. The van der Waals surface area contributed by atoms with Crippen LogP contribution in [-0.2, 0) is 26.0 Å². The molecule has 2 aromatic carbocycles. The van der Waals surface area contributed by atoms with Crippen molar-refractivity contribution >= 4 is 27.6 Å². The smallest absolute Gasteiger partial charge is 0.329 e. The summed E-state index contributed by atoms with van der Waals surface area (Å²) in [6.45, 7) is 5.00. The second-order valence-corrected chi connectivity index (χ2v) is 8.80. The fourth-order valence-electron chi connectivity index (χ4n) is 2.57. The minimum Gasteiger partial charge on any atom is -0.461 e. The van der Waals surface area contributed by atoms with Gasteiger partial charge in [0.25, 0.3) is 5.91 Å². The fraction of sp³-hybridized carbons (Fsp3) is 0.333. The van der Waals surface area contributed by atoms with Gasteiger partial charge in [0.1, 0.15) is 6.04 Å². The largest absolute Gasteiger partial charge is 0.461 e. The van der Waals surface area contributed by atoms with E-state index in [-0.39, 0.29) is 29.5 Å². The molecule has 0 aliphatic carbocycles. The molecule has 0 aliphatic heterocycles. The molecule has 0 saturated carbocycles. The number of ether oxygens (including phenoxy) is 1. The van der Waals surface area contributed by atoms with Crippen molar-refractivity contribution in [3.05, 3.63) is 65.7 Å². The Balaban J connectivity index is 2.19. The maximum Gasteiger partial charge on any atom is 0.329 e. The first-order valence-electron chi connectivity index (χ1n) is 9.36. The predicted molar refractivity (Wildman–Crippen MR) is 112 cm³/mol. The van der Waals surface area contributed by atoms with Crippen LogP contribution in [0.5, 0.6) is 0 Å². The van der Waals surface area contributed by atoms with Gasteiger partial charge in [-0.15, -0.1) is 0 Å². The molecule has 1 amide bonds. The van der Waals surface area contributed by atoms with Crippen molar-refractivity contribution < 1.29 is 22.7 Å². The first kappa shape index (κ1) is 22.4. The Morgan fingerprint density at radius 2 is 1.72 bits per heavy atom. The maximum atomic E-state index is 12.7. The molecule has 2 rings (SSSR count). The summed E-state index contributed by atoms with van der Waals surface area (Å²) in [4.78, 5) is 25.2. The lowest BCUT2D eigenvalue weighted by molar-refractivity contribution is -0.149. The lowest BCUT2D eigenvalue weighted by Gasteiger charge is -2.19. The van der Waals surface area contributed by atoms with E-state index in [2.05, 4.69) is 10.0 Å². The van der Waals surface area contributed by atoms with Gasteiger partial charge in [-0.25, -0.2) is 13.2 Å². The summed E-state index contributed by atoms with van der Waals surface area (Å²) in [6.07, 6.45) is -0.0373. The Labute approximate surface area is 171 Å². The zero-order chi connectivity index (χ0) is 21.4. The molecule has 0 heterocycles. The molecule has 0 spiro atoms. The maximum absolute atomic E-state index is 12.7. The second kappa shape index (κ2) is 10.1. The van der Waals surface area contributed by atoms with Crippen LogP contribution in [0.2, 0.25) is 0 Å². The molecule has 156 valence electrons. The van der Waals surface area contributed by atoms with Crippen molar-refractivity contribution in [2.75, 3.05) is 10.5 Å². The number of amides is 1. The van der Waals surface area contributed by atoms with Gasteiger partial charge in [0.15, 0.2) is 0 Å². The number of rotatable bonds is 9. The van der Waals surface area contributed by atoms with Gasteiger partial charge >= 0.3 is 5.97 Å². The summed E-state index contributed by atoms with van der Waals surface area (Å²) >= 11 is 0. The van der Waals surface area contributed by atoms with E-state index in [0.29, 0.717) is 0 Å². The van der Waals surface area contributed by atoms with Gasteiger partial charge in [-0.05, 0) is 44.5 Å². The van der Waals surface area contributed by atoms with Gasteiger partial charge in [-0.2, -0.15) is 0 Å². The molecular formula is C21H26N2O5S. The molecule has 2 aromatic rings. The summed E-state index contributed by atoms with van der Waals surface area (Å²) in [7, 11) is -3.46. The van der Waals surface area contributed by atoms with E-state index >= 15 is 0 Å². The zero-order valence-electron chi connectivity index (χ0n) is 16.7. The normalized spacial score (nSPS) is 12.3. The molecule has 0 radical (unpaired) electrons. The highest BCUT2D eigenvalue weighted by molar-refractivity contribution is 7.92. The van der Waals surface area contributed by atoms with Crippen LogP contribution >= 0.6 is 0 Å². The van der Waals surface area contributed by atoms with Crippen molar-refractivity contribution in [1.82, 2.24) is 5.32 Å². The van der Waals surface area contributed by atoms with E-state index in [1.807, 2.05) is 30.3 Å². The first-order chi connectivity index (χ1) is 13.7. The molecular weight excluding hydrogens is 392 g/mol. The van der Waals surface area contributed by atoms with Gasteiger partial charge in [0, 0.05) is 17.7 Å². The van der Waals surface area contributed by atoms with E-state index < -0.39 is 27.9 Å². The van der Waals surface area contributed by atoms with Crippen LogP contribution in [0.3, 0.4) is 0 Å². The average Bonchev–Trinajstić information content (AvgIpc) is 2.67. The summed E-state index contributed by atoms with van der Waals surface area (Å²) in [5.74, 6) is -1.10. The quantitative estimate of drug-likeness (QED) is 0.610. The number of carbonyl (C=O) groups is 2. The number of hydrogen-bond acceptors (Lipinski definition) is 5. The average molecular weight is 419 g/mol. The Kier molecular flexibility index (Phi) is 7.78. The van der Waals surface area contributed by atoms with Gasteiger partial charge in [-0.1, -0.05) is 36.4 Å². The number of benzene rings is 2. The molecule has 0 aliphatic rings. The topological polar surface area (TPSA) is 102 Å². The third kappa shape index (κ3) is 7.23. The first-order valence-corrected chi connectivity index (χ1v) is 11.0. The van der Waals surface area contributed by atoms with Crippen LogP contribution < -0.4 is 10.0 Å². The molecule has 8 heteroatoms. The van der Waals surface area contributed by atoms with Gasteiger partial charge in [0.05, 0.1) is 11.9 Å². The second-order valence-electron chi connectivity index (χ2n) is 6.79. The van der Waals surface area contributed by atoms with Gasteiger partial charge < -0.3 is 10.1 Å². The molecule has 1 atom stereocenters. The lowest BCUT2D eigenvalue weighted by atomic mass is 10.1. The van der Waals surface area contributed by atoms with Crippen LogP contribution in [-0.4, -0.2) is 38.2 Å². The Morgan fingerprint density at radius 3 is 2.34 bits per heavy atom. The van der Waals surface area contributed by atoms with E-state index in [0.717, 1.165) is 5.56 Å². The third-order valence-corrected chi connectivity index (χ3v) is 5.31. The van der Waals surface area contributed by atoms with Crippen LogP contribution in [0.15, 0.2) is 54.6 Å². The van der Waals surface area contributed by atoms with E-state index in [1.54, 1.807) is 32.0 Å². The van der Waals surface area contributed by atoms with Crippen LogP contribution in [0.25, 0.3) is 0 Å². The minimum atomic E-state index is -3.46. The van der Waals surface area contributed by atoms with E-state index in [1.165, 1.54) is 13.0 Å². The Morgan fingerprint density at radius 1 is 1.03 bits per heavy atom. The number of hydrogen-bond donors (Lipinski definition) is 2. The Bertz CT molecular complexity index is 943. The van der Waals surface area contributed by atoms with E-state index in [4.69, 9.17) is 4.74 Å². The SMILES string of the molecule is CCS(=O)(=O)Nc1cccc(C(=O)N[C@@H](Cc2ccccc2)C(=O)OC(C)C)c1. The minimum absolute atomic E-state index is 0.0797. The summed E-state index contributed by atoms with van der Waals surface area (Å²) < 4.78 is 31.2. The Hall–Kier alpha value is -2.87. The third-order valence-electron chi connectivity index (χ3n) is 4.00. The fourth-order valence-corrected chi connectivity index (χ4v) is 3.21. The standard InChI is InChI=1S/C21H26N2O5S/c1-4-29(26,27)23-18-12-8-11-17(14-18)20(24)22-19(21(25)28-15(2)3)13-16-9-6-5-7-10-16/h5-12,14-15,19,23H,4,13H2,1-3H3,(H,22,24)/t19-/m0/s1. The molecule has 0 fully saturated rings. The summed E-state index contributed by atoms with van der Waals surface area (Å²) in [5.41, 5.74) is 1.39. The van der Waals surface area contributed by atoms with Crippen LogP contribution in [0, 0.1) is 0 Å². The summed E-state index contributed by atoms with van der Waals surface area (Å²) in [5, 5.41) is 2.70. The monoisotopic (exact) mass is 418 g/mol. The predicted octanol–water partition coefficient (Wildman–Crippen LogP) is 2.74. The van der Waals surface area contributed by atoms with Crippen molar-refractivity contribution in [2.45, 2.75) is 39.3 Å². The highest BCUT2D eigenvalue weighted by atomic mass is 32.2.